The van der Waals surface area contributed by atoms with Gasteiger partial charge in [0.1, 0.15) is 0 Å². The Balaban J connectivity index is 2.28. The second-order valence-corrected chi connectivity index (χ2v) is 5.29. The van der Waals surface area contributed by atoms with E-state index in [0.717, 1.165) is 25.9 Å². The summed E-state index contributed by atoms with van der Waals surface area (Å²) in [6.45, 7) is 6.11. The maximum absolute atomic E-state index is 9.40. The Kier molecular flexibility index (Phi) is 3.40. The topological polar surface area (TPSA) is 49.5 Å². The number of benzene rings is 1. The van der Waals surface area contributed by atoms with Gasteiger partial charge in [-0.15, -0.1) is 0 Å². The van der Waals surface area contributed by atoms with Crippen LogP contribution in [0.5, 0.6) is 0 Å². The van der Waals surface area contributed by atoms with Crippen LogP contribution in [-0.2, 0) is 0 Å². The predicted octanol–water partition coefficient (Wildman–Crippen LogP) is 1.59. The van der Waals surface area contributed by atoms with Crippen LogP contribution >= 0.6 is 0 Å². The number of piperidine rings is 1. The molecule has 1 fully saturated rings. The minimum Gasteiger partial charge on any atom is -0.394 e. The zero-order valence-corrected chi connectivity index (χ0v) is 10.7. The zero-order chi connectivity index (χ0) is 12.5. The van der Waals surface area contributed by atoms with E-state index in [-0.39, 0.29) is 6.61 Å². The fourth-order valence-electron chi connectivity index (χ4n) is 2.78. The number of hydrogen-bond donors (Lipinski definition) is 2. The number of aliphatic hydroxyl groups excluding tert-OH is 1. The second-order valence-electron chi connectivity index (χ2n) is 5.29. The summed E-state index contributed by atoms with van der Waals surface area (Å²) in [5, 5.41) is 9.40. The molecule has 2 rings (SSSR count). The van der Waals surface area contributed by atoms with Crippen LogP contribution < -0.4 is 10.6 Å². The van der Waals surface area contributed by atoms with E-state index in [4.69, 9.17) is 5.73 Å². The number of anilines is 1. The van der Waals surface area contributed by atoms with Crippen molar-refractivity contribution in [2.24, 2.45) is 5.73 Å². The third-order valence-electron chi connectivity index (χ3n) is 3.68. The number of nitrogens with zero attached hydrogens (tertiary/aromatic N) is 1. The third kappa shape index (κ3) is 2.45. The standard InChI is InChI=1S/C14H22N2O/c1-11-5-3-6-12(2)13(11)16-8-4-7-14(15,9-16)10-17/h3,5-6,17H,4,7-10,15H2,1-2H3. The number of hydrogen-bond acceptors (Lipinski definition) is 3. The summed E-state index contributed by atoms with van der Waals surface area (Å²) in [6.07, 6.45) is 1.95. The van der Waals surface area contributed by atoms with E-state index in [2.05, 4.69) is 36.9 Å². The Morgan fingerprint density at radius 1 is 1.35 bits per heavy atom. The SMILES string of the molecule is Cc1cccc(C)c1N1CCCC(N)(CO)C1. The molecule has 1 aromatic rings. The molecule has 1 aliphatic heterocycles. The molecule has 0 bridgehead atoms. The van der Waals surface area contributed by atoms with Crippen LogP contribution in [-0.4, -0.2) is 30.3 Å². The maximum Gasteiger partial charge on any atom is 0.0628 e. The molecule has 1 aliphatic rings. The third-order valence-corrected chi connectivity index (χ3v) is 3.68. The van der Waals surface area contributed by atoms with Crippen LogP contribution in [0.4, 0.5) is 5.69 Å². The molecule has 1 unspecified atom stereocenters. The Morgan fingerprint density at radius 2 is 2.00 bits per heavy atom. The van der Waals surface area contributed by atoms with Crippen molar-refractivity contribution in [3.05, 3.63) is 29.3 Å². The van der Waals surface area contributed by atoms with Gasteiger partial charge in [0, 0.05) is 18.8 Å². The first-order valence-electron chi connectivity index (χ1n) is 6.27. The van der Waals surface area contributed by atoms with E-state index in [1.165, 1.54) is 16.8 Å². The molecule has 0 radical (unpaired) electrons. The zero-order valence-electron chi connectivity index (χ0n) is 10.7. The first-order valence-corrected chi connectivity index (χ1v) is 6.27. The van der Waals surface area contributed by atoms with Crippen molar-refractivity contribution in [1.82, 2.24) is 0 Å². The van der Waals surface area contributed by atoms with Gasteiger partial charge in [0.15, 0.2) is 0 Å². The van der Waals surface area contributed by atoms with E-state index < -0.39 is 5.54 Å². The van der Waals surface area contributed by atoms with Gasteiger partial charge < -0.3 is 15.7 Å². The average molecular weight is 234 g/mol. The van der Waals surface area contributed by atoms with Gasteiger partial charge in [-0.2, -0.15) is 0 Å². The van der Waals surface area contributed by atoms with Crippen molar-refractivity contribution in [2.75, 3.05) is 24.6 Å². The van der Waals surface area contributed by atoms with Gasteiger partial charge in [-0.1, -0.05) is 18.2 Å². The van der Waals surface area contributed by atoms with Crippen molar-refractivity contribution >= 4 is 5.69 Å². The highest BCUT2D eigenvalue weighted by Gasteiger charge is 2.31. The summed E-state index contributed by atoms with van der Waals surface area (Å²) >= 11 is 0. The highest BCUT2D eigenvalue weighted by Crippen LogP contribution is 2.29. The van der Waals surface area contributed by atoms with Gasteiger partial charge in [-0.05, 0) is 37.8 Å². The molecule has 1 atom stereocenters. The Bertz CT molecular complexity index is 385. The summed E-state index contributed by atoms with van der Waals surface area (Å²) in [7, 11) is 0. The van der Waals surface area contributed by atoms with E-state index in [1.807, 2.05) is 0 Å². The largest absolute Gasteiger partial charge is 0.394 e. The van der Waals surface area contributed by atoms with Crippen LogP contribution in [0.25, 0.3) is 0 Å². The maximum atomic E-state index is 9.40. The molecule has 1 heterocycles. The lowest BCUT2D eigenvalue weighted by Crippen LogP contribution is -2.57. The molecule has 0 amide bonds. The summed E-state index contributed by atoms with van der Waals surface area (Å²) in [4.78, 5) is 2.32. The van der Waals surface area contributed by atoms with Crippen molar-refractivity contribution in [2.45, 2.75) is 32.2 Å². The minimum atomic E-state index is -0.438. The van der Waals surface area contributed by atoms with Crippen LogP contribution in [0.15, 0.2) is 18.2 Å². The van der Waals surface area contributed by atoms with E-state index in [1.54, 1.807) is 0 Å². The van der Waals surface area contributed by atoms with Crippen molar-refractivity contribution < 1.29 is 5.11 Å². The van der Waals surface area contributed by atoms with Gasteiger partial charge >= 0.3 is 0 Å². The van der Waals surface area contributed by atoms with Gasteiger partial charge in [-0.3, -0.25) is 0 Å². The molecule has 3 heteroatoms. The van der Waals surface area contributed by atoms with Gasteiger partial charge in [0.2, 0.25) is 0 Å². The molecule has 0 saturated carbocycles. The van der Waals surface area contributed by atoms with Crippen LogP contribution in [0.3, 0.4) is 0 Å². The molecule has 0 spiro atoms. The van der Waals surface area contributed by atoms with E-state index in [0.29, 0.717) is 0 Å². The number of para-hydroxylation sites is 1. The fraction of sp³-hybridized carbons (Fsp3) is 0.571. The first-order chi connectivity index (χ1) is 8.06. The molecular weight excluding hydrogens is 212 g/mol. The quantitative estimate of drug-likeness (QED) is 0.817. The highest BCUT2D eigenvalue weighted by molar-refractivity contribution is 5.59. The smallest absolute Gasteiger partial charge is 0.0628 e. The second kappa shape index (κ2) is 4.67. The Morgan fingerprint density at radius 3 is 2.59 bits per heavy atom. The molecule has 1 saturated heterocycles. The van der Waals surface area contributed by atoms with Crippen LogP contribution in [0.2, 0.25) is 0 Å². The Labute approximate surface area is 103 Å². The normalized spacial score (nSPS) is 25.1. The van der Waals surface area contributed by atoms with E-state index >= 15 is 0 Å². The summed E-state index contributed by atoms with van der Waals surface area (Å²) in [5.74, 6) is 0. The number of rotatable bonds is 2. The number of nitrogens with two attached hydrogens (primary N) is 1. The molecule has 0 aliphatic carbocycles. The lowest BCUT2D eigenvalue weighted by molar-refractivity contribution is 0.177. The first kappa shape index (κ1) is 12.4. The molecule has 94 valence electrons. The predicted molar refractivity (Wildman–Crippen MR) is 71.4 cm³/mol. The molecule has 0 aromatic heterocycles. The van der Waals surface area contributed by atoms with Crippen molar-refractivity contribution in [1.29, 1.82) is 0 Å². The molecule has 1 aromatic carbocycles. The van der Waals surface area contributed by atoms with Gasteiger partial charge in [0.25, 0.3) is 0 Å². The van der Waals surface area contributed by atoms with Crippen molar-refractivity contribution in [3.63, 3.8) is 0 Å². The van der Waals surface area contributed by atoms with E-state index in [9.17, 15) is 5.11 Å². The summed E-state index contributed by atoms with van der Waals surface area (Å²) in [6, 6.07) is 6.35. The van der Waals surface area contributed by atoms with Crippen LogP contribution in [0, 0.1) is 13.8 Å². The Hall–Kier alpha value is -1.06. The van der Waals surface area contributed by atoms with Gasteiger partial charge in [-0.25, -0.2) is 0 Å². The molecule has 3 N–H and O–H groups in total. The van der Waals surface area contributed by atoms with Crippen molar-refractivity contribution in [3.8, 4) is 0 Å². The number of aliphatic hydroxyl groups is 1. The van der Waals surface area contributed by atoms with Crippen LogP contribution in [0.1, 0.15) is 24.0 Å². The highest BCUT2D eigenvalue weighted by atomic mass is 16.3. The molecule has 3 nitrogen and oxygen atoms in total. The lowest BCUT2D eigenvalue weighted by atomic mass is 9.90. The lowest BCUT2D eigenvalue weighted by Gasteiger charge is -2.41. The number of aryl methyl sites for hydroxylation is 2. The average Bonchev–Trinajstić information content (AvgIpc) is 2.29. The summed E-state index contributed by atoms with van der Waals surface area (Å²) < 4.78 is 0. The molecule has 17 heavy (non-hydrogen) atoms. The molecular formula is C14H22N2O. The monoisotopic (exact) mass is 234 g/mol. The fourth-order valence-corrected chi connectivity index (χ4v) is 2.78. The summed E-state index contributed by atoms with van der Waals surface area (Å²) in [5.41, 5.74) is 9.61. The minimum absolute atomic E-state index is 0.0639. The van der Waals surface area contributed by atoms with Gasteiger partial charge in [0.05, 0.1) is 12.1 Å².